The van der Waals surface area contributed by atoms with E-state index in [1.54, 1.807) is 22.3 Å². The largest absolute Gasteiger partial charge is 0.444 e. The molecule has 0 aliphatic carbocycles. The number of rotatable bonds is 5. The number of carbonyl (C=O) groups excluding carboxylic acids is 2. The van der Waals surface area contributed by atoms with Gasteiger partial charge >= 0.3 is 6.09 Å². The van der Waals surface area contributed by atoms with E-state index in [0.717, 1.165) is 0 Å². The van der Waals surface area contributed by atoms with Crippen LogP contribution in [0.15, 0.2) is 30.2 Å². The third-order valence-corrected chi connectivity index (χ3v) is 4.95. The van der Waals surface area contributed by atoms with Crippen LogP contribution in [0.4, 0.5) is 4.79 Å². The highest BCUT2D eigenvalue weighted by Gasteiger charge is 2.31. The molecule has 2 heterocycles. The van der Waals surface area contributed by atoms with Crippen molar-refractivity contribution in [3.8, 4) is 0 Å². The summed E-state index contributed by atoms with van der Waals surface area (Å²) in [6.45, 7) is 11.6. The van der Waals surface area contributed by atoms with E-state index in [1.165, 1.54) is 4.88 Å². The fraction of sp³-hybridized carbons (Fsp3) is 0.579. The van der Waals surface area contributed by atoms with Gasteiger partial charge in [0.05, 0.1) is 6.54 Å². The molecule has 0 bridgehead atoms. The van der Waals surface area contributed by atoms with Crippen LogP contribution < -0.4 is 0 Å². The van der Waals surface area contributed by atoms with Gasteiger partial charge in [0.2, 0.25) is 5.91 Å². The molecular formula is C19H28N2O3S. The van der Waals surface area contributed by atoms with Crippen LogP contribution >= 0.6 is 11.3 Å². The van der Waals surface area contributed by atoms with Gasteiger partial charge in [-0.2, -0.15) is 0 Å². The molecule has 0 spiro atoms. The lowest BCUT2D eigenvalue weighted by molar-refractivity contribution is -0.137. The smallest absolute Gasteiger partial charge is 0.410 e. The maximum atomic E-state index is 12.9. The first kappa shape index (κ1) is 19.5. The second kappa shape index (κ2) is 8.52. The normalized spacial score (nSPS) is 15.7. The Morgan fingerprint density at radius 2 is 2.08 bits per heavy atom. The molecule has 1 aromatic rings. The summed E-state index contributed by atoms with van der Waals surface area (Å²) in [6.07, 6.45) is 2.83. The van der Waals surface area contributed by atoms with E-state index in [2.05, 4.69) is 6.58 Å². The molecule has 0 saturated carbocycles. The van der Waals surface area contributed by atoms with Crippen molar-refractivity contribution in [3.63, 3.8) is 0 Å². The Kier molecular flexibility index (Phi) is 6.64. The van der Waals surface area contributed by atoms with E-state index in [1.807, 2.05) is 43.2 Å². The van der Waals surface area contributed by atoms with Gasteiger partial charge < -0.3 is 14.5 Å². The second-order valence-corrected chi connectivity index (χ2v) is 8.36. The number of piperidine rings is 1. The Morgan fingerprint density at radius 3 is 2.60 bits per heavy atom. The highest BCUT2D eigenvalue weighted by atomic mass is 32.1. The van der Waals surface area contributed by atoms with Crippen LogP contribution in [0.5, 0.6) is 0 Å². The van der Waals surface area contributed by atoms with Crippen molar-refractivity contribution in [1.29, 1.82) is 0 Å². The van der Waals surface area contributed by atoms with Crippen molar-refractivity contribution < 1.29 is 14.3 Å². The predicted molar refractivity (Wildman–Crippen MR) is 100 cm³/mol. The Bertz CT molecular complexity index is 584. The first-order valence-electron chi connectivity index (χ1n) is 8.70. The predicted octanol–water partition coefficient (Wildman–Crippen LogP) is 3.91. The van der Waals surface area contributed by atoms with E-state index in [9.17, 15) is 9.59 Å². The van der Waals surface area contributed by atoms with Crippen LogP contribution in [0.3, 0.4) is 0 Å². The SMILES string of the molecule is C=CCN(Cc1cccs1)C(=O)C1CCN(C(=O)OC(C)(C)C)CC1. The number of hydrogen-bond acceptors (Lipinski definition) is 4. The molecule has 1 fully saturated rings. The van der Waals surface area contributed by atoms with Gasteiger partial charge in [0.25, 0.3) is 0 Å². The third-order valence-electron chi connectivity index (χ3n) is 4.08. The zero-order chi connectivity index (χ0) is 18.4. The second-order valence-electron chi connectivity index (χ2n) is 7.33. The van der Waals surface area contributed by atoms with E-state index >= 15 is 0 Å². The number of ether oxygens (including phenoxy) is 1. The van der Waals surface area contributed by atoms with Gasteiger partial charge in [0.15, 0.2) is 0 Å². The minimum absolute atomic E-state index is 0.0430. The summed E-state index contributed by atoms with van der Waals surface area (Å²) < 4.78 is 5.41. The molecule has 0 unspecified atom stereocenters. The summed E-state index contributed by atoms with van der Waals surface area (Å²) >= 11 is 1.65. The summed E-state index contributed by atoms with van der Waals surface area (Å²) in [5, 5.41) is 2.02. The molecule has 0 radical (unpaired) electrons. The Labute approximate surface area is 154 Å². The molecule has 2 amide bonds. The molecule has 1 aliphatic rings. The first-order chi connectivity index (χ1) is 11.8. The van der Waals surface area contributed by atoms with Crippen molar-refractivity contribution in [2.24, 2.45) is 5.92 Å². The molecule has 25 heavy (non-hydrogen) atoms. The molecule has 1 saturated heterocycles. The standard InChI is InChI=1S/C19H28N2O3S/c1-5-10-21(14-16-7-6-13-25-16)17(22)15-8-11-20(12-9-15)18(23)24-19(2,3)4/h5-7,13,15H,1,8-12,14H2,2-4H3. The minimum Gasteiger partial charge on any atom is -0.444 e. The lowest BCUT2D eigenvalue weighted by atomic mass is 9.95. The van der Waals surface area contributed by atoms with E-state index < -0.39 is 5.60 Å². The van der Waals surface area contributed by atoms with E-state index in [4.69, 9.17) is 4.74 Å². The first-order valence-corrected chi connectivity index (χ1v) is 9.58. The highest BCUT2D eigenvalue weighted by Crippen LogP contribution is 2.23. The maximum Gasteiger partial charge on any atom is 0.410 e. The van der Waals surface area contributed by atoms with Gasteiger partial charge in [-0.15, -0.1) is 17.9 Å². The number of hydrogen-bond donors (Lipinski definition) is 0. The zero-order valence-electron chi connectivity index (χ0n) is 15.4. The number of thiophene rings is 1. The maximum absolute atomic E-state index is 12.9. The van der Waals surface area contributed by atoms with Crippen molar-refractivity contribution in [3.05, 3.63) is 35.0 Å². The van der Waals surface area contributed by atoms with Crippen LogP contribution in [0.2, 0.25) is 0 Å². The fourth-order valence-corrected chi connectivity index (χ4v) is 3.59. The van der Waals surface area contributed by atoms with E-state index in [0.29, 0.717) is 39.0 Å². The molecular weight excluding hydrogens is 336 g/mol. The lowest BCUT2D eigenvalue weighted by Crippen LogP contribution is -2.45. The summed E-state index contributed by atoms with van der Waals surface area (Å²) in [7, 11) is 0. The molecule has 6 heteroatoms. The molecule has 1 aliphatic heterocycles. The monoisotopic (exact) mass is 364 g/mol. The Morgan fingerprint density at radius 1 is 1.40 bits per heavy atom. The van der Waals surface area contributed by atoms with Gasteiger partial charge in [-0.05, 0) is 45.1 Å². The topological polar surface area (TPSA) is 49.9 Å². The summed E-state index contributed by atoms with van der Waals surface area (Å²) in [5.41, 5.74) is -0.495. The molecule has 1 aromatic heterocycles. The third kappa shape index (κ3) is 5.88. The highest BCUT2D eigenvalue weighted by molar-refractivity contribution is 7.09. The lowest BCUT2D eigenvalue weighted by Gasteiger charge is -2.34. The van der Waals surface area contributed by atoms with Gasteiger partial charge in [0.1, 0.15) is 5.60 Å². The molecule has 0 N–H and O–H groups in total. The average Bonchev–Trinajstić information content (AvgIpc) is 3.05. The van der Waals surface area contributed by atoms with Crippen LogP contribution in [0.25, 0.3) is 0 Å². The van der Waals surface area contributed by atoms with Gasteiger partial charge in [-0.1, -0.05) is 12.1 Å². The summed E-state index contributed by atoms with van der Waals surface area (Å²) in [4.78, 5) is 29.7. The molecule has 0 aromatic carbocycles. The van der Waals surface area contributed by atoms with E-state index in [-0.39, 0.29) is 17.9 Å². The molecule has 2 rings (SSSR count). The Balaban J connectivity index is 1.90. The van der Waals surface area contributed by atoms with Crippen molar-refractivity contribution >= 4 is 23.3 Å². The number of nitrogens with zero attached hydrogens (tertiary/aromatic N) is 2. The van der Waals surface area contributed by atoms with Gasteiger partial charge in [0, 0.05) is 30.4 Å². The quantitative estimate of drug-likeness (QED) is 0.744. The molecule has 5 nitrogen and oxygen atoms in total. The van der Waals surface area contributed by atoms with Gasteiger partial charge in [-0.25, -0.2) is 4.79 Å². The number of amides is 2. The summed E-state index contributed by atoms with van der Waals surface area (Å²) in [5.74, 6) is 0.107. The number of likely N-dealkylation sites (tertiary alicyclic amines) is 1. The number of carbonyl (C=O) groups is 2. The van der Waals surface area contributed by atoms with Crippen molar-refractivity contribution in [2.45, 2.75) is 45.8 Å². The average molecular weight is 365 g/mol. The zero-order valence-corrected chi connectivity index (χ0v) is 16.2. The summed E-state index contributed by atoms with van der Waals surface area (Å²) in [6, 6.07) is 4.04. The van der Waals surface area contributed by atoms with Crippen molar-refractivity contribution in [2.75, 3.05) is 19.6 Å². The van der Waals surface area contributed by atoms with Crippen molar-refractivity contribution in [1.82, 2.24) is 9.80 Å². The molecule has 0 atom stereocenters. The van der Waals surface area contributed by atoms with Gasteiger partial charge in [-0.3, -0.25) is 4.79 Å². The van der Waals surface area contributed by atoms with Crippen LogP contribution in [-0.2, 0) is 16.1 Å². The molecule has 138 valence electrons. The van der Waals surface area contributed by atoms with Crippen LogP contribution in [0.1, 0.15) is 38.5 Å². The fourth-order valence-electron chi connectivity index (χ4n) is 2.87. The van der Waals surface area contributed by atoms with Crippen LogP contribution in [-0.4, -0.2) is 47.0 Å². The Hall–Kier alpha value is -1.82. The van der Waals surface area contributed by atoms with Crippen LogP contribution in [0, 0.1) is 5.92 Å². The minimum atomic E-state index is -0.495.